The highest BCUT2D eigenvalue weighted by molar-refractivity contribution is 6.36. The SMILES string of the molecule is CCNc1nc(Nc2cc(C#N)cc(N3CCN(C4CN(C(=O)OC)C4)CC3)c2Cl)nn2c(C#N)cnc12. The van der Waals surface area contributed by atoms with Gasteiger partial charge in [0.05, 0.1) is 41.3 Å². The van der Waals surface area contributed by atoms with Gasteiger partial charge in [-0.25, -0.2) is 9.78 Å². The number of aromatic nitrogens is 4. The molecule has 1 aromatic carbocycles. The Bertz CT molecular complexity index is 1450. The maximum absolute atomic E-state index is 11.7. The minimum absolute atomic E-state index is 0.204. The zero-order valence-electron chi connectivity index (χ0n) is 21.0. The summed E-state index contributed by atoms with van der Waals surface area (Å²) in [4.78, 5) is 26.6. The third kappa shape index (κ3) is 4.69. The number of hydrogen-bond acceptors (Lipinski definition) is 11. The Balaban J connectivity index is 1.36. The van der Waals surface area contributed by atoms with Crippen LogP contribution in [0.25, 0.3) is 5.65 Å². The lowest BCUT2D eigenvalue weighted by atomic mass is 10.1. The molecular formula is C24H26ClN11O2. The van der Waals surface area contributed by atoms with E-state index in [0.29, 0.717) is 53.4 Å². The van der Waals surface area contributed by atoms with Gasteiger partial charge in [-0.3, -0.25) is 4.90 Å². The molecular weight excluding hydrogens is 510 g/mol. The Kier molecular flexibility index (Phi) is 7.05. The lowest BCUT2D eigenvalue weighted by Crippen LogP contribution is -2.64. The van der Waals surface area contributed by atoms with Gasteiger partial charge in [0.1, 0.15) is 6.07 Å². The first-order valence-corrected chi connectivity index (χ1v) is 12.6. The number of likely N-dealkylation sites (tertiary alicyclic amines) is 1. The fourth-order valence-electron chi connectivity index (χ4n) is 4.70. The molecule has 2 saturated heterocycles. The average Bonchev–Trinajstić information content (AvgIpc) is 3.33. The molecule has 2 aliphatic rings. The Labute approximate surface area is 224 Å². The van der Waals surface area contributed by atoms with Gasteiger partial charge in [-0.15, -0.1) is 5.10 Å². The van der Waals surface area contributed by atoms with Crippen molar-refractivity contribution < 1.29 is 9.53 Å². The van der Waals surface area contributed by atoms with Gasteiger partial charge in [-0.05, 0) is 19.1 Å². The number of nitriles is 2. The van der Waals surface area contributed by atoms with Crippen LogP contribution in [0.3, 0.4) is 0 Å². The molecule has 0 unspecified atom stereocenters. The standard InChI is InChI=1S/C24H26ClN11O2/c1-3-28-21-22-29-12-16(11-27)36(22)32-23(31-21)30-18-8-15(10-26)9-19(20(18)25)34-6-4-33(5-7-34)17-13-35(14-17)24(37)38-2/h8-9,12,17H,3-7,13-14H2,1-2H3,(H2,28,30,31,32). The molecule has 0 bridgehead atoms. The van der Waals surface area contributed by atoms with Crippen molar-refractivity contribution in [1.29, 1.82) is 10.5 Å². The number of nitrogens with one attached hydrogen (secondary N) is 2. The number of hydrogen-bond donors (Lipinski definition) is 2. The molecule has 13 nitrogen and oxygen atoms in total. The van der Waals surface area contributed by atoms with E-state index < -0.39 is 0 Å². The molecule has 0 spiro atoms. The minimum Gasteiger partial charge on any atom is -0.453 e. The van der Waals surface area contributed by atoms with Crippen molar-refractivity contribution in [1.82, 2.24) is 29.4 Å². The van der Waals surface area contributed by atoms with Crippen LogP contribution in [-0.4, -0.2) is 94.4 Å². The largest absolute Gasteiger partial charge is 0.453 e. The predicted octanol–water partition coefficient (Wildman–Crippen LogP) is 2.27. The van der Waals surface area contributed by atoms with Crippen LogP contribution in [0.5, 0.6) is 0 Å². The Morgan fingerprint density at radius 1 is 1.21 bits per heavy atom. The number of halogens is 1. The number of imidazole rings is 1. The normalized spacial score (nSPS) is 16.0. The van der Waals surface area contributed by atoms with E-state index in [9.17, 15) is 15.3 Å². The number of methoxy groups -OCH3 is 1. The lowest BCUT2D eigenvalue weighted by molar-refractivity contribution is 0.0269. The van der Waals surface area contributed by atoms with Gasteiger partial charge in [0, 0.05) is 51.9 Å². The number of benzene rings is 1. The number of nitrogens with zero attached hydrogens (tertiary/aromatic N) is 9. The number of carbonyl (C=O) groups is 1. The first kappa shape index (κ1) is 25.3. The van der Waals surface area contributed by atoms with Crippen LogP contribution in [0, 0.1) is 22.7 Å². The monoisotopic (exact) mass is 535 g/mol. The second-order valence-corrected chi connectivity index (χ2v) is 9.33. The summed E-state index contributed by atoms with van der Waals surface area (Å²) in [5.74, 6) is 0.674. The van der Waals surface area contributed by atoms with E-state index in [1.165, 1.54) is 17.8 Å². The molecule has 2 aliphatic heterocycles. The molecule has 2 N–H and O–H groups in total. The van der Waals surface area contributed by atoms with Gasteiger partial charge in [-0.2, -0.15) is 20.0 Å². The van der Waals surface area contributed by atoms with Gasteiger partial charge in [0.25, 0.3) is 0 Å². The second kappa shape index (κ2) is 10.6. The van der Waals surface area contributed by atoms with Crippen molar-refractivity contribution in [2.75, 3.05) is 68.5 Å². The molecule has 0 atom stereocenters. The number of carbonyl (C=O) groups excluding carboxylic acids is 1. The highest BCUT2D eigenvalue weighted by atomic mass is 35.5. The van der Waals surface area contributed by atoms with Crippen molar-refractivity contribution >= 4 is 46.5 Å². The van der Waals surface area contributed by atoms with Gasteiger partial charge < -0.3 is 25.2 Å². The fraction of sp³-hybridized carbons (Fsp3) is 0.417. The average molecular weight is 536 g/mol. The number of rotatable bonds is 6. The maximum atomic E-state index is 11.7. The number of amides is 1. The molecule has 0 saturated carbocycles. The van der Waals surface area contributed by atoms with E-state index in [1.807, 2.05) is 6.92 Å². The van der Waals surface area contributed by atoms with E-state index in [0.717, 1.165) is 31.9 Å². The van der Waals surface area contributed by atoms with Crippen molar-refractivity contribution in [3.8, 4) is 12.1 Å². The van der Waals surface area contributed by atoms with E-state index in [4.69, 9.17) is 16.3 Å². The molecule has 4 heterocycles. The highest BCUT2D eigenvalue weighted by Gasteiger charge is 2.36. The number of piperazine rings is 1. The molecule has 196 valence electrons. The van der Waals surface area contributed by atoms with Crippen molar-refractivity contribution in [2.24, 2.45) is 0 Å². The van der Waals surface area contributed by atoms with Gasteiger partial charge in [0.15, 0.2) is 17.2 Å². The van der Waals surface area contributed by atoms with E-state index in [-0.39, 0.29) is 17.7 Å². The van der Waals surface area contributed by atoms with Gasteiger partial charge >= 0.3 is 6.09 Å². The minimum atomic E-state index is -0.294. The highest BCUT2D eigenvalue weighted by Crippen LogP contribution is 2.36. The molecule has 5 rings (SSSR count). The van der Waals surface area contributed by atoms with Crippen LogP contribution in [0.4, 0.5) is 27.9 Å². The van der Waals surface area contributed by atoms with E-state index >= 15 is 0 Å². The number of fused-ring (bicyclic) bond motifs is 1. The summed E-state index contributed by atoms with van der Waals surface area (Å²) >= 11 is 6.86. The smallest absolute Gasteiger partial charge is 0.409 e. The summed E-state index contributed by atoms with van der Waals surface area (Å²) in [6.07, 6.45) is 1.14. The van der Waals surface area contributed by atoms with Gasteiger partial charge in [0.2, 0.25) is 5.95 Å². The third-order valence-corrected chi connectivity index (χ3v) is 7.11. The Hall–Kier alpha value is -4.33. The number of anilines is 4. The molecule has 38 heavy (non-hydrogen) atoms. The van der Waals surface area contributed by atoms with E-state index in [1.54, 1.807) is 17.0 Å². The summed E-state index contributed by atoms with van der Waals surface area (Å²) < 4.78 is 6.20. The molecule has 0 radical (unpaired) electrons. The summed E-state index contributed by atoms with van der Waals surface area (Å²) in [5.41, 5.74) is 2.37. The van der Waals surface area contributed by atoms with Crippen LogP contribution in [0.15, 0.2) is 18.3 Å². The summed E-state index contributed by atoms with van der Waals surface area (Å²) in [6, 6.07) is 8.02. The van der Waals surface area contributed by atoms with Crippen LogP contribution >= 0.6 is 11.6 Å². The van der Waals surface area contributed by atoms with Crippen molar-refractivity contribution in [2.45, 2.75) is 13.0 Å². The predicted molar refractivity (Wildman–Crippen MR) is 141 cm³/mol. The molecule has 1 amide bonds. The molecule has 2 aromatic heterocycles. The zero-order chi connectivity index (χ0) is 26.8. The zero-order valence-corrected chi connectivity index (χ0v) is 21.7. The van der Waals surface area contributed by atoms with Crippen LogP contribution in [0.2, 0.25) is 5.02 Å². The maximum Gasteiger partial charge on any atom is 0.409 e. The summed E-state index contributed by atoms with van der Waals surface area (Å²) in [7, 11) is 1.39. The Morgan fingerprint density at radius 2 is 1.97 bits per heavy atom. The number of ether oxygens (including phenoxy) is 1. The second-order valence-electron chi connectivity index (χ2n) is 8.95. The van der Waals surface area contributed by atoms with Crippen molar-refractivity contribution in [3.63, 3.8) is 0 Å². The summed E-state index contributed by atoms with van der Waals surface area (Å²) in [6.45, 7) is 6.90. The molecule has 3 aromatic rings. The van der Waals surface area contributed by atoms with Crippen molar-refractivity contribution in [3.05, 3.63) is 34.6 Å². The molecule has 14 heteroatoms. The topological polar surface area (TPSA) is 151 Å². The van der Waals surface area contributed by atoms with E-state index in [2.05, 4.69) is 47.6 Å². The van der Waals surface area contributed by atoms with Crippen LogP contribution < -0.4 is 15.5 Å². The van der Waals surface area contributed by atoms with Gasteiger partial charge in [-0.1, -0.05) is 11.6 Å². The Morgan fingerprint density at radius 3 is 2.63 bits per heavy atom. The fourth-order valence-corrected chi connectivity index (χ4v) is 4.98. The first-order valence-electron chi connectivity index (χ1n) is 12.2. The lowest BCUT2D eigenvalue weighted by Gasteiger charge is -2.47. The first-order chi connectivity index (χ1) is 18.4. The molecule has 2 fully saturated rings. The van der Waals surface area contributed by atoms with Crippen LogP contribution in [-0.2, 0) is 4.74 Å². The quantitative estimate of drug-likeness (QED) is 0.478. The summed E-state index contributed by atoms with van der Waals surface area (Å²) in [5, 5.41) is 30.3. The molecule has 0 aliphatic carbocycles. The third-order valence-electron chi connectivity index (χ3n) is 6.72. The van der Waals surface area contributed by atoms with Crippen LogP contribution in [0.1, 0.15) is 18.2 Å².